The summed E-state index contributed by atoms with van der Waals surface area (Å²) in [6, 6.07) is 6.28. The van der Waals surface area contributed by atoms with Crippen LogP contribution < -0.4 is 15.0 Å². The molecule has 0 aromatic heterocycles. The average Bonchev–Trinajstić information content (AvgIpc) is 2.64. The van der Waals surface area contributed by atoms with Crippen LogP contribution in [0.3, 0.4) is 0 Å². The first-order valence-corrected chi connectivity index (χ1v) is 6.64. The molecule has 0 aliphatic carbocycles. The van der Waals surface area contributed by atoms with Crippen LogP contribution in [-0.2, 0) is 0 Å². The molecular weight excluding hydrogens is 248 g/mol. The summed E-state index contributed by atoms with van der Waals surface area (Å²) >= 11 is 6.12. The first-order chi connectivity index (χ1) is 8.47. The van der Waals surface area contributed by atoms with Gasteiger partial charge in [0.1, 0.15) is 5.75 Å². The number of ether oxygens (including phenoxy) is 1. The Bertz CT molecular complexity index is 434. The predicted molar refractivity (Wildman–Crippen MR) is 76.9 cm³/mol. The molecule has 4 heteroatoms. The van der Waals surface area contributed by atoms with E-state index < -0.39 is 0 Å². The van der Waals surface area contributed by atoms with Gasteiger partial charge in [-0.1, -0.05) is 11.6 Å². The average molecular weight is 269 g/mol. The minimum Gasteiger partial charge on any atom is -0.495 e. The van der Waals surface area contributed by atoms with E-state index >= 15 is 0 Å². The summed E-state index contributed by atoms with van der Waals surface area (Å²) in [5.74, 6) is 0.879. The van der Waals surface area contributed by atoms with E-state index in [4.69, 9.17) is 16.3 Å². The normalized spacial score (nSPS) is 22.3. The minimum absolute atomic E-state index is 0.103. The first kappa shape index (κ1) is 13.5. The van der Waals surface area contributed by atoms with E-state index in [0.29, 0.717) is 6.04 Å². The lowest BCUT2D eigenvalue weighted by molar-refractivity contribution is 0.410. The summed E-state index contributed by atoms with van der Waals surface area (Å²) in [4.78, 5) is 2.37. The summed E-state index contributed by atoms with van der Waals surface area (Å²) in [6.07, 6.45) is 1.11. The number of nitrogens with one attached hydrogen (secondary N) is 1. The predicted octanol–water partition coefficient (Wildman–Crippen LogP) is 2.93. The number of hydrogen-bond donors (Lipinski definition) is 1. The van der Waals surface area contributed by atoms with E-state index in [-0.39, 0.29) is 5.54 Å². The van der Waals surface area contributed by atoms with Crippen molar-refractivity contribution in [3.63, 3.8) is 0 Å². The molecule has 1 aliphatic rings. The van der Waals surface area contributed by atoms with Crippen LogP contribution in [0.25, 0.3) is 0 Å². The molecule has 18 heavy (non-hydrogen) atoms. The number of rotatable bonds is 3. The highest BCUT2D eigenvalue weighted by Crippen LogP contribution is 2.40. The molecular formula is C14H21ClN2O. The van der Waals surface area contributed by atoms with Crippen LogP contribution in [-0.4, -0.2) is 32.3 Å². The Hall–Kier alpha value is -0.930. The first-order valence-electron chi connectivity index (χ1n) is 6.26. The van der Waals surface area contributed by atoms with Crippen molar-refractivity contribution in [2.75, 3.05) is 25.6 Å². The molecule has 1 aromatic rings. The fourth-order valence-corrected chi connectivity index (χ4v) is 2.90. The van der Waals surface area contributed by atoms with Crippen molar-refractivity contribution in [1.82, 2.24) is 5.32 Å². The fourth-order valence-electron chi connectivity index (χ4n) is 2.74. The molecule has 1 heterocycles. The third kappa shape index (κ3) is 2.43. The van der Waals surface area contributed by atoms with Gasteiger partial charge in [0, 0.05) is 23.1 Å². The van der Waals surface area contributed by atoms with E-state index in [1.165, 1.54) is 0 Å². The number of likely N-dealkylation sites (N-methyl/N-ethyl adjacent to an activating group) is 1. The number of hydrogen-bond acceptors (Lipinski definition) is 3. The highest BCUT2D eigenvalue weighted by atomic mass is 35.5. The zero-order chi connectivity index (χ0) is 13.3. The van der Waals surface area contributed by atoms with Crippen molar-refractivity contribution in [3.05, 3.63) is 23.2 Å². The third-order valence-corrected chi connectivity index (χ3v) is 3.95. The zero-order valence-corrected chi connectivity index (χ0v) is 12.2. The van der Waals surface area contributed by atoms with Crippen molar-refractivity contribution >= 4 is 17.3 Å². The summed E-state index contributed by atoms with van der Waals surface area (Å²) in [5.41, 5.74) is 1.18. The summed E-state index contributed by atoms with van der Waals surface area (Å²) < 4.78 is 5.45. The maximum Gasteiger partial charge on any atom is 0.142 e. The third-order valence-electron chi connectivity index (χ3n) is 3.72. The van der Waals surface area contributed by atoms with E-state index in [2.05, 4.69) is 24.1 Å². The quantitative estimate of drug-likeness (QED) is 0.912. The lowest BCUT2D eigenvalue weighted by atomic mass is 10.00. The van der Waals surface area contributed by atoms with Crippen LogP contribution in [0.5, 0.6) is 5.75 Å². The number of benzene rings is 1. The molecule has 3 nitrogen and oxygen atoms in total. The Morgan fingerprint density at radius 1 is 1.44 bits per heavy atom. The van der Waals surface area contributed by atoms with Crippen LogP contribution in [0.2, 0.25) is 5.02 Å². The van der Waals surface area contributed by atoms with Crippen molar-refractivity contribution in [2.45, 2.75) is 31.8 Å². The second-order valence-corrected chi connectivity index (χ2v) is 5.87. The largest absolute Gasteiger partial charge is 0.495 e. The van der Waals surface area contributed by atoms with Crippen LogP contribution in [0.15, 0.2) is 18.2 Å². The van der Waals surface area contributed by atoms with E-state index in [9.17, 15) is 0 Å². The van der Waals surface area contributed by atoms with Gasteiger partial charge in [0.05, 0.1) is 12.8 Å². The number of anilines is 1. The van der Waals surface area contributed by atoms with Gasteiger partial charge in [-0.15, -0.1) is 0 Å². The summed E-state index contributed by atoms with van der Waals surface area (Å²) in [5, 5.41) is 4.10. The van der Waals surface area contributed by atoms with Crippen molar-refractivity contribution in [2.24, 2.45) is 0 Å². The van der Waals surface area contributed by atoms with Gasteiger partial charge in [-0.25, -0.2) is 0 Å². The topological polar surface area (TPSA) is 24.5 Å². The smallest absolute Gasteiger partial charge is 0.142 e. The monoisotopic (exact) mass is 268 g/mol. The molecule has 1 saturated heterocycles. The van der Waals surface area contributed by atoms with Gasteiger partial charge < -0.3 is 15.0 Å². The second kappa shape index (κ2) is 4.98. The summed E-state index contributed by atoms with van der Waals surface area (Å²) in [6.45, 7) is 5.48. The molecule has 1 unspecified atom stereocenters. The molecule has 0 spiro atoms. The fraction of sp³-hybridized carbons (Fsp3) is 0.571. The number of methoxy groups -OCH3 is 1. The second-order valence-electron chi connectivity index (χ2n) is 5.43. The van der Waals surface area contributed by atoms with Gasteiger partial charge in [0.15, 0.2) is 0 Å². The maximum atomic E-state index is 6.12. The molecule has 0 bridgehead atoms. The Kier molecular flexibility index (Phi) is 3.74. The van der Waals surface area contributed by atoms with E-state index in [1.54, 1.807) is 7.11 Å². The summed E-state index contributed by atoms with van der Waals surface area (Å²) in [7, 11) is 3.71. The molecule has 1 fully saturated rings. The highest BCUT2D eigenvalue weighted by Gasteiger charge is 2.38. The SMILES string of the molecule is CNC1CN(c2cc(Cl)ccc2OC)C(C)(C)C1. The molecule has 1 N–H and O–H groups in total. The standard InChI is InChI=1S/C14H21ClN2O/c1-14(2)8-11(16-3)9-17(14)12-7-10(15)5-6-13(12)18-4/h5-7,11,16H,8-9H2,1-4H3. The van der Waals surface area contributed by atoms with Crippen molar-refractivity contribution in [1.29, 1.82) is 0 Å². The van der Waals surface area contributed by atoms with Gasteiger partial charge in [0.25, 0.3) is 0 Å². The van der Waals surface area contributed by atoms with Crippen molar-refractivity contribution in [3.8, 4) is 5.75 Å². The van der Waals surface area contributed by atoms with Crippen LogP contribution in [0.4, 0.5) is 5.69 Å². The Morgan fingerprint density at radius 2 is 2.17 bits per heavy atom. The minimum atomic E-state index is 0.103. The van der Waals surface area contributed by atoms with Crippen molar-refractivity contribution < 1.29 is 4.74 Å². The molecule has 0 amide bonds. The van der Waals surface area contributed by atoms with E-state index in [0.717, 1.165) is 29.4 Å². The number of nitrogens with zero attached hydrogens (tertiary/aromatic N) is 1. The highest BCUT2D eigenvalue weighted by molar-refractivity contribution is 6.30. The lowest BCUT2D eigenvalue weighted by Gasteiger charge is -2.34. The van der Waals surface area contributed by atoms with Crippen LogP contribution >= 0.6 is 11.6 Å². The molecule has 0 saturated carbocycles. The molecule has 0 radical (unpaired) electrons. The maximum absolute atomic E-state index is 6.12. The number of halogens is 1. The van der Waals surface area contributed by atoms with Gasteiger partial charge in [-0.3, -0.25) is 0 Å². The van der Waals surface area contributed by atoms with Crippen LogP contribution in [0, 0.1) is 0 Å². The Balaban J connectivity index is 2.39. The zero-order valence-electron chi connectivity index (χ0n) is 11.5. The van der Waals surface area contributed by atoms with Gasteiger partial charge in [-0.2, -0.15) is 0 Å². The Morgan fingerprint density at radius 3 is 2.72 bits per heavy atom. The molecule has 100 valence electrons. The lowest BCUT2D eigenvalue weighted by Crippen LogP contribution is -2.38. The van der Waals surface area contributed by atoms with Gasteiger partial charge in [0.2, 0.25) is 0 Å². The molecule has 2 rings (SSSR count). The van der Waals surface area contributed by atoms with Crippen LogP contribution in [0.1, 0.15) is 20.3 Å². The molecule has 1 aliphatic heterocycles. The van der Waals surface area contributed by atoms with Gasteiger partial charge >= 0.3 is 0 Å². The van der Waals surface area contributed by atoms with Gasteiger partial charge in [-0.05, 0) is 45.5 Å². The molecule has 1 atom stereocenters. The Labute approximate surface area is 114 Å². The molecule has 1 aromatic carbocycles. The van der Waals surface area contributed by atoms with E-state index in [1.807, 2.05) is 25.2 Å².